The number of aliphatic hydroxyl groups excluding tert-OH is 2. The van der Waals surface area contributed by atoms with Crippen molar-refractivity contribution in [1.82, 2.24) is 5.32 Å². The second kappa shape index (κ2) is 32.6. The predicted octanol–water partition coefficient (Wildman–Crippen LogP) is 10.3. The normalized spacial score (nSPS) is 13.2. The van der Waals surface area contributed by atoms with Crippen LogP contribution in [0.25, 0.3) is 0 Å². The molecule has 40 heavy (non-hydrogen) atoms. The molecule has 4 heteroatoms. The molecular formula is C36H71NO3. The Balaban J connectivity index is 3.60. The molecule has 3 N–H and O–H groups in total. The lowest BCUT2D eigenvalue weighted by atomic mass is 10.0. The van der Waals surface area contributed by atoms with E-state index < -0.39 is 12.1 Å². The summed E-state index contributed by atoms with van der Waals surface area (Å²) in [6.07, 6.45) is 38.6. The van der Waals surface area contributed by atoms with Gasteiger partial charge in [-0.05, 0) is 19.3 Å². The zero-order valence-electron chi connectivity index (χ0n) is 27.1. The van der Waals surface area contributed by atoms with Crippen molar-refractivity contribution in [3.8, 4) is 0 Å². The van der Waals surface area contributed by atoms with Crippen LogP contribution in [0.15, 0.2) is 12.2 Å². The van der Waals surface area contributed by atoms with Gasteiger partial charge < -0.3 is 15.5 Å². The SMILES string of the molecule is CCCCCCCCCCCCC/C=C/[C@@H](O)[C@@H](CO)NC(=O)CCCCCCCCCCCCCCCCC. The predicted molar refractivity (Wildman–Crippen MR) is 175 cm³/mol. The molecule has 0 spiro atoms. The van der Waals surface area contributed by atoms with Crippen molar-refractivity contribution in [3.05, 3.63) is 12.2 Å². The Morgan fingerprint density at radius 2 is 0.925 bits per heavy atom. The molecule has 1 amide bonds. The molecular weight excluding hydrogens is 494 g/mol. The Morgan fingerprint density at radius 1 is 0.575 bits per heavy atom. The lowest BCUT2D eigenvalue weighted by Gasteiger charge is -2.20. The molecule has 0 aliphatic heterocycles. The molecule has 0 radical (unpaired) electrons. The van der Waals surface area contributed by atoms with E-state index in [1.54, 1.807) is 6.08 Å². The van der Waals surface area contributed by atoms with E-state index >= 15 is 0 Å². The number of rotatable bonds is 32. The van der Waals surface area contributed by atoms with Crippen LogP contribution in [0, 0.1) is 0 Å². The number of carbonyl (C=O) groups excluding carboxylic acids is 1. The van der Waals surface area contributed by atoms with Crippen molar-refractivity contribution in [2.24, 2.45) is 0 Å². The molecule has 4 nitrogen and oxygen atoms in total. The van der Waals surface area contributed by atoms with E-state index in [0.29, 0.717) is 6.42 Å². The number of allylic oxidation sites excluding steroid dienone is 1. The number of aliphatic hydroxyl groups is 2. The average molecular weight is 566 g/mol. The van der Waals surface area contributed by atoms with Gasteiger partial charge in [-0.1, -0.05) is 180 Å². The average Bonchev–Trinajstić information content (AvgIpc) is 2.96. The second-order valence-electron chi connectivity index (χ2n) is 12.3. The van der Waals surface area contributed by atoms with Crippen LogP contribution in [-0.4, -0.2) is 34.9 Å². The first-order chi connectivity index (χ1) is 19.7. The van der Waals surface area contributed by atoms with E-state index in [-0.39, 0.29) is 12.5 Å². The smallest absolute Gasteiger partial charge is 0.220 e. The summed E-state index contributed by atoms with van der Waals surface area (Å²) in [5.74, 6) is -0.0634. The van der Waals surface area contributed by atoms with E-state index in [1.165, 1.54) is 148 Å². The summed E-state index contributed by atoms with van der Waals surface area (Å²) in [5.41, 5.74) is 0. The zero-order chi connectivity index (χ0) is 29.4. The third-order valence-electron chi connectivity index (χ3n) is 8.27. The van der Waals surface area contributed by atoms with Gasteiger partial charge in [-0.2, -0.15) is 0 Å². The van der Waals surface area contributed by atoms with Gasteiger partial charge in [0.15, 0.2) is 0 Å². The standard InChI is InChI=1S/C36H71NO3/c1-3-5-7-9-11-13-15-17-18-20-22-24-26-28-30-32-36(40)37-34(33-38)35(39)31-29-27-25-23-21-19-16-14-12-10-8-6-4-2/h29,31,34-35,38-39H,3-28,30,32-33H2,1-2H3,(H,37,40)/b31-29+/t34-,35-/m1/s1. The van der Waals surface area contributed by atoms with Crippen molar-refractivity contribution in [2.75, 3.05) is 6.61 Å². The summed E-state index contributed by atoms with van der Waals surface area (Å²) in [5, 5.41) is 22.8. The number of nitrogens with one attached hydrogen (secondary N) is 1. The fourth-order valence-corrected chi connectivity index (χ4v) is 5.47. The maximum atomic E-state index is 12.3. The van der Waals surface area contributed by atoms with Gasteiger partial charge in [0, 0.05) is 6.42 Å². The highest BCUT2D eigenvalue weighted by atomic mass is 16.3. The van der Waals surface area contributed by atoms with Crippen LogP contribution in [0.4, 0.5) is 0 Å². The molecule has 0 saturated heterocycles. The molecule has 0 aromatic rings. The lowest BCUT2D eigenvalue weighted by molar-refractivity contribution is -0.123. The minimum atomic E-state index is -0.831. The van der Waals surface area contributed by atoms with Gasteiger partial charge in [-0.3, -0.25) is 4.79 Å². The Hall–Kier alpha value is -0.870. The van der Waals surface area contributed by atoms with Crippen LogP contribution in [0.3, 0.4) is 0 Å². The van der Waals surface area contributed by atoms with E-state index in [2.05, 4.69) is 19.2 Å². The highest BCUT2D eigenvalue weighted by Crippen LogP contribution is 2.14. The first-order valence-electron chi connectivity index (χ1n) is 17.9. The van der Waals surface area contributed by atoms with Crippen molar-refractivity contribution in [2.45, 2.75) is 206 Å². The van der Waals surface area contributed by atoms with E-state index in [9.17, 15) is 15.0 Å². The molecule has 0 unspecified atom stereocenters. The summed E-state index contributed by atoms with van der Waals surface area (Å²) >= 11 is 0. The van der Waals surface area contributed by atoms with E-state index in [4.69, 9.17) is 0 Å². The van der Waals surface area contributed by atoms with Gasteiger partial charge in [-0.25, -0.2) is 0 Å². The molecule has 0 heterocycles. The third-order valence-corrected chi connectivity index (χ3v) is 8.27. The third kappa shape index (κ3) is 28.7. The minimum Gasteiger partial charge on any atom is -0.394 e. The number of amides is 1. The number of hydrogen-bond donors (Lipinski definition) is 3. The van der Waals surface area contributed by atoms with Crippen LogP contribution in [0.2, 0.25) is 0 Å². The van der Waals surface area contributed by atoms with E-state index in [0.717, 1.165) is 25.7 Å². The Kier molecular flexibility index (Phi) is 31.9. The van der Waals surface area contributed by atoms with Crippen molar-refractivity contribution in [1.29, 1.82) is 0 Å². The molecule has 0 aromatic carbocycles. The van der Waals surface area contributed by atoms with Crippen LogP contribution >= 0.6 is 0 Å². The summed E-state index contributed by atoms with van der Waals surface area (Å²) in [7, 11) is 0. The quantitative estimate of drug-likeness (QED) is 0.0561. The largest absolute Gasteiger partial charge is 0.394 e. The molecule has 0 rings (SSSR count). The molecule has 238 valence electrons. The minimum absolute atomic E-state index is 0.0634. The fourth-order valence-electron chi connectivity index (χ4n) is 5.47. The van der Waals surface area contributed by atoms with E-state index in [1.807, 2.05) is 6.08 Å². The highest BCUT2D eigenvalue weighted by Gasteiger charge is 2.17. The molecule has 0 saturated carbocycles. The Morgan fingerprint density at radius 3 is 1.30 bits per heavy atom. The molecule has 0 aliphatic carbocycles. The van der Waals surface area contributed by atoms with Gasteiger partial charge in [-0.15, -0.1) is 0 Å². The number of hydrogen-bond acceptors (Lipinski definition) is 3. The van der Waals surface area contributed by atoms with Gasteiger partial charge >= 0.3 is 0 Å². The van der Waals surface area contributed by atoms with Crippen LogP contribution < -0.4 is 5.32 Å². The summed E-state index contributed by atoms with van der Waals surface area (Å²) in [6, 6.07) is -0.614. The Bertz CT molecular complexity index is 536. The zero-order valence-corrected chi connectivity index (χ0v) is 27.1. The maximum Gasteiger partial charge on any atom is 0.220 e. The van der Waals surface area contributed by atoms with Gasteiger partial charge in [0.1, 0.15) is 0 Å². The topological polar surface area (TPSA) is 69.6 Å². The van der Waals surface area contributed by atoms with Crippen LogP contribution in [0.1, 0.15) is 194 Å². The monoisotopic (exact) mass is 566 g/mol. The molecule has 0 fully saturated rings. The first-order valence-corrected chi connectivity index (χ1v) is 17.9. The fraction of sp³-hybridized carbons (Fsp3) is 0.917. The molecule has 0 bridgehead atoms. The molecule has 0 aromatic heterocycles. The number of carbonyl (C=O) groups is 1. The summed E-state index contributed by atoms with van der Waals surface area (Å²) < 4.78 is 0. The second-order valence-corrected chi connectivity index (χ2v) is 12.3. The number of unbranched alkanes of at least 4 members (excludes halogenated alkanes) is 25. The summed E-state index contributed by atoms with van der Waals surface area (Å²) in [4.78, 5) is 12.3. The van der Waals surface area contributed by atoms with Gasteiger partial charge in [0.05, 0.1) is 18.8 Å². The lowest BCUT2D eigenvalue weighted by Crippen LogP contribution is -2.45. The van der Waals surface area contributed by atoms with Gasteiger partial charge in [0.25, 0.3) is 0 Å². The van der Waals surface area contributed by atoms with Gasteiger partial charge in [0.2, 0.25) is 5.91 Å². The van der Waals surface area contributed by atoms with Crippen molar-refractivity contribution in [3.63, 3.8) is 0 Å². The van der Waals surface area contributed by atoms with Crippen molar-refractivity contribution < 1.29 is 15.0 Å². The maximum absolute atomic E-state index is 12.3. The van der Waals surface area contributed by atoms with Crippen LogP contribution in [0.5, 0.6) is 0 Å². The molecule has 2 atom stereocenters. The Labute approximate surface area is 250 Å². The molecule has 0 aliphatic rings. The van der Waals surface area contributed by atoms with Crippen LogP contribution in [-0.2, 0) is 4.79 Å². The highest BCUT2D eigenvalue weighted by molar-refractivity contribution is 5.76. The first kappa shape index (κ1) is 39.1. The summed E-state index contributed by atoms with van der Waals surface area (Å²) in [6.45, 7) is 4.30. The van der Waals surface area contributed by atoms with Crippen molar-refractivity contribution >= 4 is 5.91 Å².